The van der Waals surface area contributed by atoms with E-state index in [1.165, 1.54) is 17.9 Å². The summed E-state index contributed by atoms with van der Waals surface area (Å²) in [5, 5.41) is 7.75. The second-order valence-corrected chi connectivity index (χ2v) is 6.22. The van der Waals surface area contributed by atoms with E-state index in [1.807, 2.05) is 22.6 Å². The maximum absolute atomic E-state index is 4.35. The van der Waals surface area contributed by atoms with Gasteiger partial charge in [-0.2, -0.15) is 16.9 Å². The smallest absolute Gasteiger partial charge is 0.0726 e. The standard InChI is InChI=1S/C12H23N3S/c1-5-16-8-6-7-13-11-9-14-15(10-11)12(2,3)4/h9-10,13H,5-8H2,1-4H3. The number of hydrogen-bond donors (Lipinski definition) is 1. The van der Waals surface area contributed by atoms with E-state index in [1.54, 1.807) is 0 Å². The summed E-state index contributed by atoms with van der Waals surface area (Å²) in [7, 11) is 0. The molecule has 0 radical (unpaired) electrons. The third-order valence-electron chi connectivity index (χ3n) is 2.27. The van der Waals surface area contributed by atoms with Crippen LogP contribution in [0.3, 0.4) is 0 Å². The fourth-order valence-corrected chi connectivity index (χ4v) is 1.97. The number of thioether (sulfide) groups is 1. The molecule has 0 saturated heterocycles. The summed E-state index contributed by atoms with van der Waals surface area (Å²) in [5.74, 6) is 2.44. The summed E-state index contributed by atoms with van der Waals surface area (Å²) in [6.45, 7) is 9.69. The number of nitrogens with one attached hydrogen (secondary N) is 1. The van der Waals surface area contributed by atoms with Crippen LogP contribution in [0.2, 0.25) is 0 Å². The van der Waals surface area contributed by atoms with E-state index in [0.717, 1.165) is 12.2 Å². The van der Waals surface area contributed by atoms with Gasteiger partial charge in [-0.3, -0.25) is 4.68 Å². The molecule has 1 aromatic rings. The van der Waals surface area contributed by atoms with Gasteiger partial charge in [0, 0.05) is 12.7 Å². The van der Waals surface area contributed by atoms with Gasteiger partial charge in [0.25, 0.3) is 0 Å². The van der Waals surface area contributed by atoms with E-state index in [0.29, 0.717) is 0 Å². The lowest BCUT2D eigenvalue weighted by Gasteiger charge is -2.18. The van der Waals surface area contributed by atoms with Crippen LogP contribution in [-0.4, -0.2) is 27.8 Å². The van der Waals surface area contributed by atoms with Crippen molar-refractivity contribution in [3.05, 3.63) is 12.4 Å². The van der Waals surface area contributed by atoms with Gasteiger partial charge in [-0.15, -0.1) is 0 Å². The van der Waals surface area contributed by atoms with Gasteiger partial charge in [0.2, 0.25) is 0 Å². The molecule has 1 N–H and O–H groups in total. The highest BCUT2D eigenvalue weighted by molar-refractivity contribution is 7.99. The first-order valence-electron chi connectivity index (χ1n) is 5.91. The van der Waals surface area contributed by atoms with Crippen molar-refractivity contribution in [1.82, 2.24) is 9.78 Å². The molecule has 0 fully saturated rings. The molecular weight excluding hydrogens is 218 g/mol. The summed E-state index contributed by atoms with van der Waals surface area (Å²) in [5.41, 5.74) is 1.19. The second kappa shape index (κ2) is 6.18. The Morgan fingerprint density at radius 1 is 1.44 bits per heavy atom. The van der Waals surface area contributed by atoms with Crippen molar-refractivity contribution in [3.63, 3.8) is 0 Å². The Hall–Kier alpha value is -0.640. The molecular formula is C12H23N3S. The number of rotatable bonds is 6. The third kappa shape index (κ3) is 4.47. The van der Waals surface area contributed by atoms with Crippen LogP contribution in [0.1, 0.15) is 34.1 Å². The Balaban J connectivity index is 2.30. The van der Waals surface area contributed by atoms with E-state index in [4.69, 9.17) is 0 Å². The molecule has 0 aliphatic carbocycles. The summed E-state index contributed by atoms with van der Waals surface area (Å²) in [6.07, 6.45) is 5.18. The number of hydrogen-bond acceptors (Lipinski definition) is 3. The van der Waals surface area contributed by atoms with Crippen LogP contribution in [0.4, 0.5) is 5.69 Å². The highest BCUT2D eigenvalue weighted by Crippen LogP contribution is 2.15. The summed E-state index contributed by atoms with van der Waals surface area (Å²) in [6, 6.07) is 0. The van der Waals surface area contributed by atoms with E-state index >= 15 is 0 Å². The van der Waals surface area contributed by atoms with Crippen molar-refractivity contribution >= 4 is 17.4 Å². The number of aromatic nitrogens is 2. The van der Waals surface area contributed by atoms with Gasteiger partial charge in [0.15, 0.2) is 0 Å². The second-order valence-electron chi connectivity index (χ2n) is 4.82. The molecule has 0 atom stereocenters. The summed E-state index contributed by atoms with van der Waals surface area (Å²) in [4.78, 5) is 0. The molecule has 1 heterocycles. The summed E-state index contributed by atoms with van der Waals surface area (Å²) < 4.78 is 2.00. The average molecular weight is 241 g/mol. The zero-order valence-corrected chi connectivity index (χ0v) is 11.6. The maximum Gasteiger partial charge on any atom is 0.0726 e. The molecule has 3 nitrogen and oxygen atoms in total. The summed E-state index contributed by atoms with van der Waals surface area (Å²) >= 11 is 1.99. The van der Waals surface area contributed by atoms with Crippen LogP contribution in [0.25, 0.3) is 0 Å². The molecule has 1 aromatic heterocycles. The zero-order valence-electron chi connectivity index (χ0n) is 10.8. The van der Waals surface area contributed by atoms with E-state index < -0.39 is 0 Å². The molecule has 0 bridgehead atoms. The maximum atomic E-state index is 4.35. The first-order valence-corrected chi connectivity index (χ1v) is 7.06. The lowest BCUT2D eigenvalue weighted by atomic mass is 10.1. The third-order valence-corrected chi connectivity index (χ3v) is 3.25. The van der Waals surface area contributed by atoms with Gasteiger partial charge < -0.3 is 5.32 Å². The largest absolute Gasteiger partial charge is 0.382 e. The Bertz CT molecular complexity index is 301. The molecule has 92 valence electrons. The molecule has 0 saturated carbocycles. The Kier molecular flexibility index (Phi) is 5.19. The highest BCUT2D eigenvalue weighted by atomic mass is 32.2. The van der Waals surface area contributed by atoms with Crippen LogP contribution in [0.15, 0.2) is 12.4 Å². The molecule has 0 amide bonds. The minimum Gasteiger partial charge on any atom is -0.382 e. The topological polar surface area (TPSA) is 29.9 Å². The first kappa shape index (κ1) is 13.4. The number of anilines is 1. The highest BCUT2D eigenvalue weighted by Gasteiger charge is 2.13. The van der Waals surface area contributed by atoms with Crippen molar-refractivity contribution in [2.75, 3.05) is 23.4 Å². The van der Waals surface area contributed by atoms with Crippen molar-refractivity contribution in [2.45, 2.75) is 39.7 Å². The molecule has 0 aliphatic heterocycles. The van der Waals surface area contributed by atoms with Crippen molar-refractivity contribution in [1.29, 1.82) is 0 Å². The van der Waals surface area contributed by atoms with Gasteiger partial charge in [-0.1, -0.05) is 6.92 Å². The Labute approximate surface area is 103 Å². The fourth-order valence-electron chi connectivity index (χ4n) is 1.33. The Morgan fingerprint density at radius 3 is 2.75 bits per heavy atom. The lowest BCUT2D eigenvalue weighted by Crippen LogP contribution is -2.21. The molecule has 0 unspecified atom stereocenters. The fraction of sp³-hybridized carbons (Fsp3) is 0.750. The van der Waals surface area contributed by atoms with Gasteiger partial charge in [-0.25, -0.2) is 0 Å². The van der Waals surface area contributed by atoms with Gasteiger partial charge in [0.05, 0.1) is 17.4 Å². The van der Waals surface area contributed by atoms with Crippen LogP contribution in [-0.2, 0) is 5.54 Å². The predicted octanol–water partition coefficient (Wildman–Crippen LogP) is 3.19. The van der Waals surface area contributed by atoms with E-state index in [-0.39, 0.29) is 5.54 Å². The van der Waals surface area contributed by atoms with Crippen LogP contribution in [0, 0.1) is 0 Å². The molecule has 0 aromatic carbocycles. The number of nitrogens with zero attached hydrogens (tertiary/aromatic N) is 2. The SMILES string of the molecule is CCSCCCNc1cnn(C(C)(C)C)c1. The van der Waals surface area contributed by atoms with Crippen LogP contribution >= 0.6 is 11.8 Å². The van der Waals surface area contributed by atoms with Gasteiger partial charge >= 0.3 is 0 Å². The van der Waals surface area contributed by atoms with Crippen LogP contribution in [0.5, 0.6) is 0 Å². The molecule has 0 aliphatic rings. The molecule has 4 heteroatoms. The molecule has 16 heavy (non-hydrogen) atoms. The first-order chi connectivity index (χ1) is 7.54. The van der Waals surface area contributed by atoms with Crippen LogP contribution < -0.4 is 5.32 Å². The minimum absolute atomic E-state index is 0.0675. The van der Waals surface area contributed by atoms with E-state index in [2.05, 4.69) is 44.3 Å². The Morgan fingerprint density at radius 2 is 2.19 bits per heavy atom. The molecule has 0 spiro atoms. The normalized spacial score (nSPS) is 11.8. The molecule has 1 rings (SSSR count). The van der Waals surface area contributed by atoms with Crippen molar-refractivity contribution in [2.24, 2.45) is 0 Å². The van der Waals surface area contributed by atoms with Crippen molar-refractivity contribution < 1.29 is 0 Å². The van der Waals surface area contributed by atoms with Crippen molar-refractivity contribution in [3.8, 4) is 0 Å². The quantitative estimate of drug-likeness (QED) is 0.776. The predicted molar refractivity (Wildman–Crippen MR) is 73.3 cm³/mol. The van der Waals surface area contributed by atoms with Gasteiger partial charge in [0.1, 0.15) is 0 Å². The minimum atomic E-state index is 0.0675. The average Bonchev–Trinajstić information content (AvgIpc) is 2.65. The zero-order chi connectivity index (χ0) is 12.0. The monoisotopic (exact) mass is 241 g/mol. The van der Waals surface area contributed by atoms with Gasteiger partial charge in [-0.05, 0) is 38.7 Å². The lowest BCUT2D eigenvalue weighted by molar-refractivity contribution is 0.355. The van der Waals surface area contributed by atoms with E-state index in [9.17, 15) is 0 Å².